The van der Waals surface area contributed by atoms with Crippen molar-refractivity contribution < 1.29 is 31.6 Å². The van der Waals surface area contributed by atoms with Gasteiger partial charge in [0.25, 0.3) is 0 Å². The first-order valence-corrected chi connectivity index (χ1v) is 9.54. The molecule has 12 heteroatoms. The molecule has 3 heterocycles. The lowest BCUT2D eigenvalue weighted by atomic mass is 10.0. The Hall–Kier alpha value is -2.70. The van der Waals surface area contributed by atoms with E-state index in [1.54, 1.807) is 24.3 Å². The molecule has 4 rings (SSSR count). The Morgan fingerprint density at radius 2 is 1.96 bits per heavy atom. The monoisotopic (exact) mass is 396 g/mol. The number of hydrogen-bond donors (Lipinski definition) is 2. The first-order chi connectivity index (χ1) is 12.8. The Morgan fingerprint density at radius 3 is 2.67 bits per heavy atom. The molecule has 2 aromatic rings. The van der Waals surface area contributed by atoms with Gasteiger partial charge in [-0.3, -0.25) is 4.55 Å². The van der Waals surface area contributed by atoms with Gasteiger partial charge in [0.15, 0.2) is 0 Å². The summed E-state index contributed by atoms with van der Waals surface area (Å²) in [4.78, 5) is 13.8. The van der Waals surface area contributed by atoms with Gasteiger partial charge in [-0.1, -0.05) is 12.1 Å². The Balaban J connectivity index is 1.49. The van der Waals surface area contributed by atoms with Gasteiger partial charge in [-0.25, -0.2) is 4.79 Å². The Bertz CT molecular complexity index is 959. The molecule has 2 saturated heterocycles. The molecule has 2 fully saturated rings. The second kappa shape index (κ2) is 6.48. The second-order valence-electron chi connectivity index (χ2n) is 6.39. The fourth-order valence-corrected chi connectivity index (χ4v) is 3.74. The van der Waals surface area contributed by atoms with Crippen molar-refractivity contribution in [2.45, 2.75) is 31.3 Å². The van der Waals surface area contributed by atoms with Crippen LogP contribution in [0.2, 0.25) is 0 Å². The number of carbonyl (C=O) groups is 1. The van der Waals surface area contributed by atoms with Crippen molar-refractivity contribution in [3.63, 3.8) is 0 Å². The fraction of sp³-hybridized carbons (Fsp3) is 0.400. The van der Waals surface area contributed by atoms with Crippen LogP contribution >= 0.6 is 0 Å². The number of hydrogen-bond acceptors (Lipinski definition) is 8. The highest BCUT2D eigenvalue weighted by molar-refractivity contribution is 7.80. The van der Waals surface area contributed by atoms with Crippen LogP contribution in [-0.2, 0) is 21.1 Å². The SMILES string of the molecule is O=C1N2CC(CCC2c2nnc(Cc3ccc(O)cc3)o2)N1OS(=O)(=O)O. The number of nitrogens with zero attached hydrogens (tertiary/aromatic N) is 4. The number of aromatic nitrogens is 2. The van der Waals surface area contributed by atoms with Crippen molar-refractivity contribution in [3.05, 3.63) is 41.6 Å². The molecule has 2 unspecified atom stereocenters. The maximum Gasteiger partial charge on any atom is 0.418 e. The number of rotatable bonds is 5. The van der Waals surface area contributed by atoms with Gasteiger partial charge in [0.1, 0.15) is 11.8 Å². The first kappa shape index (κ1) is 17.7. The molecule has 11 nitrogen and oxygen atoms in total. The van der Waals surface area contributed by atoms with Crippen molar-refractivity contribution in [1.29, 1.82) is 0 Å². The summed E-state index contributed by atoms with van der Waals surface area (Å²) in [5.41, 5.74) is 0.872. The van der Waals surface area contributed by atoms with Gasteiger partial charge < -0.3 is 14.4 Å². The number of fused-ring (bicyclic) bond motifs is 2. The zero-order valence-corrected chi connectivity index (χ0v) is 14.7. The molecule has 0 spiro atoms. The van der Waals surface area contributed by atoms with Crippen LogP contribution in [-0.4, -0.2) is 56.9 Å². The van der Waals surface area contributed by atoms with E-state index in [1.807, 2.05) is 0 Å². The average Bonchev–Trinajstić information content (AvgIpc) is 3.16. The topological polar surface area (TPSA) is 146 Å². The summed E-state index contributed by atoms with van der Waals surface area (Å²) < 4.78 is 40.8. The minimum atomic E-state index is -4.79. The highest BCUT2D eigenvalue weighted by atomic mass is 32.3. The number of piperidine rings is 1. The van der Waals surface area contributed by atoms with Gasteiger partial charge >= 0.3 is 16.4 Å². The first-order valence-electron chi connectivity index (χ1n) is 8.17. The lowest BCUT2D eigenvalue weighted by Gasteiger charge is -2.27. The van der Waals surface area contributed by atoms with Crippen LogP contribution in [0.15, 0.2) is 28.7 Å². The van der Waals surface area contributed by atoms with E-state index in [0.29, 0.717) is 30.2 Å². The van der Waals surface area contributed by atoms with E-state index in [1.165, 1.54) is 4.90 Å². The van der Waals surface area contributed by atoms with E-state index in [4.69, 9.17) is 8.97 Å². The van der Waals surface area contributed by atoms with Crippen LogP contribution in [0.25, 0.3) is 0 Å². The fourth-order valence-electron chi connectivity index (χ4n) is 3.35. The maximum atomic E-state index is 12.4. The summed E-state index contributed by atoms with van der Waals surface area (Å²) in [5, 5.41) is 18.0. The number of phenolic OH excluding ortho intramolecular Hbond substituents is 1. The molecule has 1 aromatic heterocycles. The van der Waals surface area contributed by atoms with E-state index in [0.717, 1.165) is 5.56 Å². The molecule has 2 atom stereocenters. The van der Waals surface area contributed by atoms with E-state index >= 15 is 0 Å². The van der Waals surface area contributed by atoms with Gasteiger partial charge in [-0.05, 0) is 30.5 Å². The van der Waals surface area contributed by atoms with Crippen LogP contribution in [0.1, 0.15) is 36.2 Å². The van der Waals surface area contributed by atoms with Crippen molar-refractivity contribution in [1.82, 2.24) is 20.2 Å². The second-order valence-corrected chi connectivity index (χ2v) is 7.39. The summed E-state index contributed by atoms with van der Waals surface area (Å²) >= 11 is 0. The number of carbonyl (C=O) groups excluding carboxylic acids is 1. The zero-order chi connectivity index (χ0) is 19.2. The molecule has 2 aliphatic heterocycles. The standard InChI is InChI=1S/C15H16N4O7S/c20-11-4-1-9(2-5-11)7-13-16-17-14(25-13)12-6-3-10-8-18(12)15(21)19(10)26-27(22,23)24/h1-2,4-5,10,12,20H,3,6-8H2,(H,22,23,24). The van der Waals surface area contributed by atoms with Gasteiger partial charge in [0, 0.05) is 6.54 Å². The highest BCUT2D eigenvalue weighted by Gasteiger charge is 2.49. The van der Waals surface area contributed by atoms with Gasteiger partial charge in [-0.15, -0.1) is 14.5 Å². The normalized spacial score (nSPS) is 22.5. The minimum Gasteiger partial charge on any atom is -0.508 e. The van der Waals surface area contributed by atoms with E-state index in [-0.39, 0.29) is 18.2 Å². The number of benzene rings is 1. The van der Waals surface area contributed by atoms with Crippen molar-refractivity contribution in [2.24, 2.45) is 0 Å². The van der Waals surface area contributed by atoms with Gasteiger partial charge in [0.2, 0.25) is 11.8 Å². The lowest BCUT2D eigenvalue weighted by Crippen LogP contribution is -2.35. The molecular formula is C15H16N4O7S. The summed E-state index contributed by atoms with van der Waals surface area (Å²) in [5.74, 6) is 0.769. The molecule has 1 aromatic carbocycles. The van der Waals surface area contributed by atoms with Crippen LogP contribution in [0.3, 0.4) is 0 Å². The summed E-state index contributed by atoms with van der Waals surface area (Å²) in [6.07, 6.45) is 1.31. The summed E-state index contributed by atoms with van der Waals surface area (Å²) in [7, 11) is -4.79. The van der Waals surface area contributed by atoms with Crippen LogP contribution < -0.4 is 0 Å². The van der Waals surface area contributed by atoms with Crippen LogP contribution in [0.5, 0.6) is 5.75 Å². The Labute approximate surface area is 154 Å². The van der Waals surface area contributed by atoms with Crippen LogP contribution in [0, 0.1) is 0 Å². The van der Waals surface area contributed by atoms with Crippen molar-refractivity contribution >= 4 is 16.4 Å². The summed E-state index contributed by atoms with van der Waals surface area (Å²) in [6, 6.07) is 4.93. The molecule has 144 valence electrons. The van der Waals surface area contributed by atoms with Crippen LogP contribution in [0.4, 0.5) is 4.79 Å². The average molecular weight is 396 g/mol. The van der Waals surface area contributed by atoms with Crippen molar-refractivity contribution in [2.75, 3.05) is 6.54 Å². The molecule has 2 bridgehead atoms. The smallest absolute Gasteiger partial charge is 0.418 e. The molecule has 0 aliphatic carbocycles. The highest BCUT2D eigenvalue weighted by Crippen LogP contribution is 2.38. The molecular weight excluding hydrogens is 380 g/mol. The predicted octanol–water partition coefficient (Wildman–Crippen LogP) is 1.04. The third-order valence-corrected chi connectivity index (χ3v) is 4.91. The lowest BCUT2D eigenvalue weighted by molar-refractivity contribution is -0.0317. The number of amides is 2. The number of urea groups is 1. The molecule has 2 aliphatic rings. The van der Waals surface area contributed by atoms with Gasteiger partial charge in [0.05, 0.1) is 12.5 Å². The Morgan fingerprint density at radius 1 is 1.22 bits per heavy atom. The minimum absolute atomic E-state index is 0.158. The van der Waals surface area contributed by atoms with E-state index in [9.17, 15) is 18.3 Å². The molecule has 2 amide bonds. The predicted molar refractivity (Wildman–Crippen MR) is 87.5 cm³/mol. The third-order valence-electron chi connectivity index (χ3n) is 4.56. The summed E-state index contributed by atoms with van der Waals surface area (Å²) in [6.45, 7) is 0.231. The maximum absolute atomic E-state index is 12.4. The molecule has 2 N–H and O–H groups in total. The third kappa shape index (κ3) is 3.59. The van der Waals surface area contributed by atoms with E-state index in [2.05, 4.69) is 14.5 Å². The van der Waals surface area contributed by atoms with E-state index < -0.39 is 28.5 Å². The molecule has 0 radical (unpaired) electrons. The van der Waals surface area contributed by atoms with Gasteiger partial charge in [-0.2, -0.15) is 13.5 Å². The number of hydroxylamine groups is 2. The number of phenols is 1. The molecule has 0 saturated carbocycles. The molecule has 27 heavy (non-hydrogen) atoms. The number of aromatic hydroxyl groups is 1. The zero-order valence-electron chi connectivity index (χ0n) is 13.9. The Kier molecular flexibility index (Phi) is 4.25. The quantitative estimate of drug-likeness (QED) is 0.708. The largest absolute Gasteiger partial charge is 0.508 e. The van der Waals surface area contributed by atoms with Crippen molar-refractivity contribution in [3.8, 4) is 5.75 Å².